The van der Waals surface area contributed by atoms with Crippen molar-refractivity contribution in [1.29, 1.82) is 0 Å². The third-order valence-electron chi connectivity index (χ3n) is 2.37. The number of carbonyl (C=O) groups excluding carboxylic acids is 1. The van der Waals surface area contributed by atoms with Gasteiger partial charge in [-0.25, -0.2) is 0 Å². The topological polar surface area (TPSA) is 40.5 Å². The van der Waals surface area contributed by atoms with Gasteiger partial charge in [-0.05, 0) is 32.6 Å². The zero-order valence-electron chi connectivity index (χ0n) is 8.12. The highest BCUT2D eigenvalue weighted by atomic mass is 16.3. The van der Waals surface area contributed by atoms with Gasteiger partial charge in [0.15, 0.2) is 0 Å². The number of likely N-dealkylation sites (N-methyl/N-ethyl adjacent to an activating group) is 1. The molecular formula is C10H17NO2. The lowest BCUT2D eigenvalue weighted by molar-refractivity contribution is -0.132. The highest BCUT2D eigenvalue weighted by Crippen LogP contribution is 2.20. The molecule has 3 heteroatoms. The second-order valence-corrected chi connectivity index (χ2v) is 3.24. The van der Waals surface area contributed by atoms with E-state index >= 15 is 0 Å². The molecule has 0 saturated heterocycles. The first-order valence-corrected chi connectivity index (χ1v) is 4.89. The van der Waals surface area contributed by atoms with E-state index in [0.29, 0.717) is 6.54 Å². The minimum atomic E-state index is -0.384. The van der Waals surface area contributed by atoms with Gasteiger partial charge in [0, 0.05) is 12.2 Å². The number of hydrogen-bond acceptors (Lipinski definition) is 2. The fourth-order valence-corrected chi connectivity index (χ4v) is 1.69. The van der Waals surface area contributed by atoms with E-state index in [2.05, 4.69) is 6.08 Å². The van der Waals surface area contributed by atoms with Crippen molar-refractivity contribution in [2.45, 2.75) is 32.6 Å². The molecule has 0 fully saturated rings. The van der Waals surface area contributed by atoms with E-state index in [-0.39, 0.29) is 12.5 Å². The van der Waals surface area contributed by atoms with Crippen LogP contribution in [0, 0.1) is 0 Å². The maximum absolute atomic E-state index is 11.3. The van der Waals surface area contributed by atoms with Crippen LogP contribution in [0.5, 0.6) is 0 Å². The Kier molecular flexibility index (Phi) is 3.96. The van der Waals surface area contributed by atoms with E-state index in [1.54, 1.807) is 4.90 Å². The molecule has 0 aromatic rings. The predicted octanol–water partition coefficient (Wildman–Crippen LogP) is 1.29. The summed E-state index contributed by atoms with van der Waals surface area (Å²) < 4.78 is 0. The Morgan fingerprint density at radius 1 is 1.62 bits per heavy atom. The number of hydrogen-bond donors (Lipinski definition) is 1. The van der Waals surface area contributed by atoms with Gasteiger partial charge in [-0.3, -0.25) is 4.79 Å². The predicted molar refractivity (Wildman–Crippen MR) is 51.0 cm³/mol. The maximum Gasteiger partial charge on any atom is 0.252 e. The van der Waals surface area contributed by atoms with E-state index in [1.807, 2.05) is 6.92 Å². The highest BCUT2D eigenvalue weighted by molar-refractivity contribution is 5.79. The van der Waals surface area contributed by atoms with Gasteiger partial charge in [0.2, 0.25) is 0 Å². The molecule has 1 aliphatic carbocycles. The zero-order chi connectivity index (χ0) is 9.68. The maximum atomic E-state index is 11.3. The third-order valence-corrected chi connectivity index (χ3v) is 2.37. The average Bonchev–Trinajstić information content (AvgIpc) is 2.20. The zero-order valence-corrected chi connectivity index (χ0v) is 8.12. The molecule has 1 N–H and O–H groups in total. The number of nitrogens with zero attached hydrogens (tertiary/aromatic N) is 1. The second-order valence-electron chi connectivity index (χ2n) is 3.24. The first kappa shape index (κ1) is 10.3. The van der Waals surface area contributed by atoms with Crippen molar-refractivity contribution < 1.29 is 9.90 Å². The molecule has 1 rings (SSSR count). The summed E-state index contributed by atoms with van der Waals surface area (Å²) in [5, 5.41) is 8.75. The van der Waals surface area contributed by atoms with E-state index < -0.39 is 0 Å². The van der Waals surface area contributed by atoms with Crippen LogP contribution in [0.1, 0.15) is 32.6 Å². The van der Waals surface area contributed by atoms with Crippen LogP contribution in [0.2, 0.25) is 0 Å². The average molecular weight is 183 g/mol. The summed E-state index contributed by atoms with van der Waals surface area (Å²) in [5.41, 5.74) is 1.09. The summed E-state index contributed by atoms with van der Waals surface area (Å²) >= 11 is 0. The Morgan fingerprint density at radius 3 is 2.85 bits per heavy atom. The fraction of sp³-hybridized carbons (Fsp3) is 0.700. The molecule has 0 aromatic carbocycles. The Bertz CT molecular complexity index is 211. The normalized spacial score (nSPS) is 16.6. The van der Waals surface area contributed by atoms with Crippen molar-refractivity contribution >= 4 is 5.91 Å². The van der Waals surface area contributed by atoms with Crippen LogP contribution in [0.25, 0.3) is 0 Å². The summed E-state index contributed by atoms with van der Waals surface area (Å²) in [6.45, 7) is 2.21. The summed E-state index contributed by atoms with van der Waals surface area (Å²) in [7, 11) is 0. The first-order chi connectivity index (χ1) is 6.29. The Morgan fingerprint density at radius 2 is 2.38 bits per heavy atom. The van der Waals surface area contributed by atoms with Gasteiger partial charge in [0.25, 0.3) is 5.91 Å². The van der Waals surface area contributed by atoms with Gasteiger partial charge >= 0.3 is 0 Å². The number of aliphatic hydroxyl groups excluding tert-OH is 1. The minimum absolute atomic E-state index is 0.185. The molecule has 0 bridgehead atoms. The Labute approximate surface area is 79.0 Å². The molecular weight excluding hydrogens is 166 g/mol. The lowest BCUT2D eigenvalue weighted by Crippen LogP contribution is -2.32. The number of aliphatic hydroxyl groups is 1. The number of carbonyl (C=O) groups is 1. The van der Waals surface area contributed by atoms with Gasteiger partial charge in [0.05, 0.1) is 0 Å². The smallest absolute Gasteiger partial charge is 0.252 e. The van der Waals surface area contributed by atoms with Gasteiger partial charge < -0.3 is 10.0 Å². The number of allylic oxidation sites excluding steroid dienone is 2. The monoisotopic (exact) mass is 183 g/mol. The van der Waals surface area contributed by atoms with Crippen molar-refractivity contribution in [2.75, 3.05) is 13.2 Å². The van der Waals surface area contributed by atoms with Crippen molar-refractivity contribution in [3.8, 4) is 0 Å². The lowest BCUT2D eigenvalue weighted by atomic mass is 10.0. The molecule has 0 radical (unpaired) electrons. The van der Waals surface area contributed by atoms with Crippen molar-refractivity contribution in [2.24, 2.45) is 0 Å². The molecule has 0 saturated carbocycles. The van der Waals surface area contributed by atoms with Crippen LogP contribution in [-0.4, -0.2) is 29.1 Å². The molecule has 0 atom stereocenters. The van der Waals surface area contributed by atoms with Crippen molar-refractivity contribution in [3.63, 3.8) is 0 Å². The van der Waals surface area contributed by atoms with Gasteiger partial charge in [-0.15, -0.1) is 0 Å². The molecule has 1 aliphatic rings. The fourth-order valence-electron chi connectivity index (χ4n) is 1.69. The molecule has 13 heavy (non-hydrogen) atoms. The van der Waals surface area contributed by atoms with Crippen molar-refractivity contribution in [1.82, 2.24) is 4.90 Å². The second kappa shape index (κ2) is 5.02. The summed E-state index contributed by atoms with van der Waals surface area (Å²) in [6, 6.07) is 0. The number of rotatable bonds is 3. The standard InChI is InChI=1S/C10H17NO2/c1-2-11(10(13)8-12)9-6-4-3-5-7-9/h6,12H,2-5,7-8H2,1H3. The van der Waals surface area contributed by atoms with E-state index in [0.717, 1.165) is 25.0 Å². The minimum Gasteiger partial charge on any atom is -0.387 e. The van der Waals surface area contributed by atoms with Crippen LogP contribution < -0.4 is 0 Å². The molecule has 0 spiro atoms. The summed E-state index contributed by atoms with van der Waals surface area (Å²) in [5.74, 6) is -0.185. The highest BCUT2D eigenvalue weighted by Gasteiger charge is 2.16. The van der Waals surface area contributed by atoms with Gasteiger partial charge in [-0.2, -0.15) is 0 Å². The number of amides is 1. The Hall–Kier alpha value is -0.830. The van der Waals surface area contributed by atoms with Crippen LogP contribution >= 0.6 is 0 Å². The largest absolute Gasteiger partial charge is 0.387 e. The van der Waals surface area contributed by atoms with Crippen LogP contribution in [0.15, 0.2) is 11.8 Å². The lowest BCUT2D eigenvalue weighted by Gasteiger charge is -2.25. The van der Waals surface area contributed by atoms with Crippen LogP contribution in [0.3, 0.4) is 0 Å². The van der Waals surface area contributed by atoms with Crippen LogP contribution in [-0.2, 0) is 4.79 Å². The van der Waals surface area contributed by atoms with E-state index in [9.17, 15) is 4.79 Å². The molecule has 1 amide bonds. The summed E-state index contributed by atoms with van der Waals surface area (Å²) in [6.07, 6.45) is 6.51. The SMILES string of the molecule is CCN(C(=O)CO)C1=CCCCC1. The molecule has 74 valence electrons. The first-order valence-electron chi connectivity index (χ1n) is 4.89. The van der Waals surface area contributed by atoms with Gasteiger partial charge in [-0.1, -0.05) is 6.08 Å². The van der Waals surface area contributed by atoms with Crippen molar-refractivity contribution in [3.05, 3.63) is 11.8 Å². The molecule has 0 aliphatic heterocycles. The quantitative estimate of drug-likeness (QED) is 0.716. The van der Waals surface area contributed by atoms with Crippen LogP contribution in [0.4, 0.5) is 0 Å². The molecule has 3 nitrogen and oxygen atoms in total. The van der Waals surface area contributed by atoms with E-state index in [1.165, 1.54) is 6.42 Å². The molecule has 0 unspecified atom stereocenters. The molecule has 0 aromatic heterocycles. The van der Waals surface area contributed by atoms with E-state index in [4.69, 9.17) is 5.11 Å². The van der Waals surface area contributed by atoms with Gasteiger partial charge in [0.1, 0.15) is 6.61 Å². The molecule has 0 heterocycles. The Balaban J connectivity index is 2.64. The summed E-state index contributed by atoms with van der Waals surface area (Å²) in [4.78, 5) is 13.0. The third kappa shape index (κ3) is 2.56.